The number of aromatic nitrogens is 1. The average molecular weight is 337 g/mol. The molecule has 2 aliphatic rings. The molecule has 24 heavy (non-hydrogen) atoms. The Kier molecular flexibility index (Phi) is 5.86. The van der Waals surface area contributed by atoms with Gasteiger partial charge in [0.05, 0.1) is 31.9 Å². The summed E-state index contributed by atoms with van der Waals surface area (Å²) < 4.78 is 16.1. The van der Waals surface area contributed by atoms with E-state index in [0.29, 0.717) is 24.9 Å². The van der Waals surface area contributed by atoms with Gasteiger partial charge in [0, 0.05) is 43.8 Å². The van der Waals surface area contributed by atoms with E-state index >= 15 is 0 Å². The van der Waals surface area contributed by atoms with E-state index in [0.717, 1.165) is 63.0 Å². The Morgan fingerprint density at radius 3 is 2.71 bits per heavy atom. The minimum Gasteiger partial charge on any atom is -0.381 e. The van der Waals surface area contributed by atoms with Gasteiger partial charge in [0.1, 0.15) is 5.76 Å². The minimum absolute atomic E-state index is 0.0153. The summed E-state index contributed by atoms with van der Waals surface area (Å²) in [5.41, 5.74) is 1.68. The van der Waals surface area contributed by atoms with Crippen LogP contribution in [0.1, 0.15) is 23.4 Å². The maximum absolute atomic E-state index is 12.4. The zero-order valence-corrected chi connectivity index (χ0v) is 14.5. The molecule has 1 amide bonds. The second kappa shape index (κ2) is 8.09. The molecule has 7 heteroatoms. The molecule has 2 aliphatic heterocycles. The molecular formula is C17H27N3O4. The highest BCUT2D eigenvalue weighted by molar-refractivity contribution is 5.79. The number of hydrogen-bond acceptors (Lipinski definition) is 6. The van der Waals surface area contributed by atoms with Gasteiger partial charge in [-0.05, 0) is 20.3 Å². The number of hydrogen-bond donors (Lipinski definition) is 1. The van der Waals surface area contributed by atoms with Gasteiger partial charge in [-0.1, -0.05) is 5.16 Å². The predicted octanol–water partition coefficient (Wildman–Crippen LogP) is 0.687. The third-order valence-corrected chi connectivity index (χ3v) is 5.05. The van der Waals surface area contributed by atoms with Crippen LogP contribution in [-0.2, 0) is 20.7 Å². The highest BCUT2D eigenvalue weighted by atomic mass is 16.5. The first-order valence-corrected chi connectivity index (χ1v) is 8.73. The van der Waals surface area contributed by atoms with Gasteiger partial charge in [0.25, 0.3) is 0 Å². The molecule has 0 saturated carbocycles. The van der Waals surface area contributed by atoms with Gasteiger partial charge in [-0.15, -0.1) is 0 Å². The first kappa shape index (κ1) is 17.4. The van der Waals surface area contributed by atoms with Crippen molar-refractivity contribution in [1.29, 1.82) is 0 Å². The Morgan fingerprint density at radius 2 is 2.08 bits per heavy atom. The number of carbonyl (C=O) groups is 1. The van der Waals surface area contributed by atoms with Crippen LogP contribution in [0.2, 0.25) is 0 Å². The van der Waals surface area contributed by atoms with Crippen molar-refractivity contribution in [2.45, 2.75) is 32.7 Å². The topological polar surface area (TPSA) is 76.8 Å². The van der Waals surface area contributed by atoms with E-state index in [1.807, 2.05) is 13.8 Å². The van der Waals surface area contributed by atoms with Gasteiger partial charge in [0.15, 0.2) is 0 Å². The van der Waals surface area contributed by atoms with Gasteiger partial charge < -0.3 is 19.3 Å². The molecule has 134 valence electrons. The van der Waals surface area contributed by atoms with Crippen LogP contribution in [0.5, 0.6) is 0 Å². The zero-order valence-electron chi connectivity index (χ0n) is 14.5. The summed E-state index contributed by atoms with van der Waals surface area (Å²) >= 11 is 0. The minimum atomic E-state index is 0.0153. The van der Waals surface area contributed by atoms with Crippen molar-refractivity contribution in [1.82, 2.24) is 15.4 Å². The van der Waals surface area contributed by atoms with Gasteiger partial charge in [-0.3, -0.25) is 9.69 Å². The second-order valence-corrected chi connectivity index (χ2v) is 6.62. The molecule has 2 saturated heterocycles. The van der Waals surface area contributed by atoms with Crippen LogP contribution in [0.15, 0.2) is 4.52 Å². The number of nitrogens with one attached hydrogen (secondary N) is 1. The number of aryl methyl sites for hydroxylation is 2. The fourth-order valence-electron chi connectivity index (χ4n) is 3.55. The maximum Gasteiger partial charge on any atom is 0.224 e. The number of nitrogens with zero attached hydrogens (tertiary/aromatic N) is 2. The molecule has 1 aromatic heterocycles. The smallest absolute Gasteiger partial charge is 0.224 e. The van der Waals surface area contributed by atoms with Gasteiger partial charge in [-0.25, -0.2) is 0 Å². The van der Waals surface area contributed by atoms with E-state index in [1.54, 1.807) is 0 Å². The van der Waals surface area contributed by atoms with Crippen LogP contribution in [0.4, 0.5) is 0 Å². The van der Waals surface area contributed by atoms with E-state index in [4.69, 9.17) is 14.0 Å². The average Bonchev–Trinajstić information content (AvgIpc) is 3.22. The summed E-state index contributed by atoms with van der Waals surface area (Å²) in [6, 6.07) is 0.310. The Balaban J connectivity index is 1.57. The standard InChI is InChI=1S/C17H27N3O4/c1-12-15(13(2)24-19-12)9-17(21)18-10-16(14-3-6-23-11-14)20-4-7-22-8-5-20/h14,16H,3-11H2,1-2H3,(H,18,21)/t14-,16-/m1/s1. The van der Waals surface area contributed by atoms with Crippen molar-refractivity contribution in [3.8, 4) is 0 Å². The molecule has 1 aromatic rings. The first-order chi connectivity index (χ1) is 11.6. The van der Waals surface area contributed by atoms with Crippen LogP contribution in [0, 0.1) is 19.8 Å². The number of amides is 1. The fourth-order valence-corrected chi connectivity index (χ4v) is 3.55. The van der Waals surface area contributed by atoms with Gasteiger partial charge in [0.2, 0.25) is 5.91 Å². The third kappa shape index (κ3) is 4.15. The van der Waals surface area contributed by atoms with Crippen LogP contribution in [0.25, 0.3) is 0 Å². The molecule has 1 N–H and O–H groups in total. The van der Waals surface area contributed by atoms with E-state index in [9.17, 15) is 4.79 Å². The lowest BCUT2D eigenvalue weighted by Crippen LogP contribution is -2.52. The largest absolute Gasteiger partial charge is 0.381 e. The van der Waals surface area contributed by atoms with Crippen molar-refractivity contribution in [2.24, 2.45) is 5.92 Å². The molecule has 7 nitrogen and oxygen atoms in total. The highest BCUT2D eigenvalue weighted by Crippen LogP contribution is 2.22. The van der Waals surface area contributed by atoms with Crippen molar-refractivity contribution in [3.63, 3.8) is 0 Å². The monoisotopic (exact) mass is 337 g/mol. The lowest BCUT2D eigenvalue weighted by atomic mass is 9.96. The van der Waals surface area contributed by atoms with E-state index < -0.39 is 0 Å². The number of rotatable bonds is 6. The van der Waals surface area contributed by atoms with E-state index in [2.05, 4.69) is 15.4 Å². The van der Waals surface area contributed by atoms with Crippen molar-refractivity contribution < 1.29 is 18.8 Å². The Labute approximate surface area is 142 Å². The summed E-state index contributed by atoms with van der Waals surface area (Å²) in [6.07, 6.45) is 1.37. The second-order valence-electron chi connectivity index (χ2n) is 6.62. The molecule has 0 radical (unpaired) electrons. The Morgan fingerprint density at radius 1 is 1.29 bits per heavy atom. The van der Waals surface area contributed by atoms with Crippen LogP contribution < -0.4 is 5.32 Å². The van der Waals surface area contributed by atoms with Crippen LogP contribution >= 0.6 is 0 Å². The molecule has 0 spiro atoms. The molecule has 2 fully saturated rings. The summed E-state index contributed by atoms with van der Waals surface area (Å²) in [5.74, 6) is 1.21. The maximum atomic E-state index is 12.4. The first-order valence-electron chi connectivity index (χ1n) is 8.73. The number of carbonyl (C=O) groups excluding carboxylic acids is 1. The molecule has 3 rings (SSSR count). The highest BCUT2D eigenvalue weighted by Gasteiger charge is 2.31. The third-order valence-electron chi connectivity index (χ3n) is 5.05. The molecule has 3 heterocycles. The fraction of sp³-hybridized carbons (Fsp3) is 0.765. The summed E-state index contributed by atoms with van der Waals surface area (Å²) in [4.78, 5) is 14.8. The molecule has 0 aliphatic carbocycles. The molecule has 0 bridgehead atoms. The zero-order chi connectivity index (χ0) is 16.9. The summed E-state index contributed by atoms with van der Waals surface area (Å²) in [7, 11) is 0. The predicted molar refractivity (Wildman–Crippen MR) is 87.8 cm³/mol. The lowest BCUT2D eigenvalue weighted by Gasteiger charge is -2.37. The molecular weight excluding hydrogens is 310 g/mol. The normalized spacial score (nSPS) is 23.3. The molecule has 0 aromatic carbocycles. The Hall–Kier alpha value is -1.44. The number of morpholine rings is 1. The summed E-state index contributed by atoms with van der Waals surface area (Å²) in [6.45, 7) is 9.31. The van der Waals surface area contributed by atoms with Crippen molar-refractivity contribution >= 4 is 5.91 Å². The summed E-state index contributed by atoms with van der Waals surface area (Å²) in [5, 5.41) is 7.01. The van der Waals surface area contributed by atoms with Crippen molar-refractivity contribution in [3.05, 3.63) is 17.0 Å². The van der Waals surface area contributed by atoms with Crippen molar-refractivity contribution in [2.75, 3.05) is 46.1 Å². The van der Waals surface area contributed by atoms with Gasteiger partial charge >= 0.3 is 0 Å². The van der Waals surface area contributed by atoms with E-state index in [-0.39, 0.29) is 5.91 Å². The SMILES string of the molecule is Cc1noc(C)c1CC(=O)NC[C@H]([C@@H]1CCOC1)N1CCOCC1. The number of ether oxygens (including phenoxy) is 2. The molecule has 0 unspecified atom stereocenters. The molecule has 2 atom stereocenters. The van der Waals surface area contributed by atoms with Crippen LogP contribution in [0.3, 0.4) is 0 Å². The quantitative estimate of drug-likeness (QED) is 0.823. The van der Waals surface area contributed by atoms with E-state index in [1.165, 1.54) is 0 Å². The lowest BCUT2D eigenvalue weighted by molar-refractivity contribution is -0.121. The van der Waals surface area contributed by atoms with Gasteiger partial charge in [-0.2, -0.15) is 0 Å². The Bertz CT molecular complexity index is 529. The van der Waals surface area contributed by atoms with Crippen LogP contribution in [-0.4, -0.2) is 68.1 Å².